The molecule has 4 nitrogen and oxygen atoms in total. The second-order valence-corrected chi connectivity index (χ2v) is 5.34. The molecule has 0 aliphatic heterocycles. The van der Waals surface area contributed by atoms with Crippen molar-refractivity contribution < 1.29 is 9.21 Å². The normalized spacial score (nSPS) is 13.8. The van der Waals surface area contributed by atoms with E-state index in [9.17, 15) is 4.79 Å². The third-order valence-electron chi connectivity index (χ3n) is 2.56. The minimum atomic E-state index is -0.562. The summed E-state index contributed by atoms with van der Waals surface area (Å²) in [5.41, 5.74) is 4.73. The fourth-order valence-electron chi connectivity index (χ4n) is 1.20. The number of halogens is 1. The molecule has 5 heteroatoms. The van der Waals surface area contributed by atoms with Gasteiger partial charge < -0.3 is 15.5 Å². The van der Waals surface area contributed by atoms with Crippen LogP contribution in [0.15, 0.2) is 21.2 Å². The van der Waals surface area contributed by atoms with Gasteiger partial charge in [-0.25, -0.2) is 0 Å². The van der Waals surface area contributed by atoms with Crippen molar-refractivity contribution in [2.24, 2.45) is 11.1 Å². The van der Waals surface area contributed by atoms with Gasteiger partial charge in [0.25, 0.3) is 0 Å². The van der Waals surface area contributed by atoms with Crippen LogP contribution in [0.2, 0.25) is 0 Å². The van der Waals surface area contributed by atoms with Crippen LogP contribution in [-0.4, -0.2) is 12.5 Å². The zero-order chi connectivity index (χ0) is 12.3. The van der Waals surface area contributed by atoms with Crippen molar-refractivity contribution in [1.29, 1.82) is 0 Å². The number of primary amides is 1. The molecule has 0 saturated heterocycles. The highest BCUT2D eigenvalue weighted by Gasteiger charge is 2.26. The Balaban J connectivity index is 2.57. The van der Waals surface area contributed by atoms with Crippen molar-refractivity contribution in [2.75, 3.05) is 6.54 Å². The molecule has 1 atom stereocenters. The molecule has 16 heavy (non-hydrogen) atoms. The summed E-state index contributed by atoms with van der Waals surface area (Å²) < 4.78 is 6.25. The fourth-order valence-corrected chi connectivity index (χ4v) is 1.75. The zero-order valence-corrected chi connectivity index (χ0v) is 11.3. The maximum absolute atomic E-state index is 11.1. The number of carbonyl (C=O) groups is 1. The van der Waals surface area contributed by atoms with E-state index in [4.69, 9.17) is 10.2 Å². The molecule has 1 unspecified atom stereocenters. The molecule has 1 heterocycles. The summed E-state index contributed by atoms with van der Waals surface area (Å²) in [6.45, 7) is 6.11. The molecular weight excluding hydrogens is 272 g/mol. The van der Waals surface area contributed by atoms with Gasteiger partial charge in [0.05, 0.1) is 22.2 Å². The summed E-state index contributed by atoms with van der Waals surface area (Å²) in [4.78, 5) is 11.1. The molecule has 3 N–H and O–H groups in total. The van der Waals surface area contributed by atoms with E-state index >= 15 is 0 Å². The van der Waals surface area contributed by atoms with Gasteiger partial charge in [-0.05, 0) is 42.8 Å². The van der Waals surface area contributed by atoms with Crippen molar-refractivity contribution in [3.05, 3.63) is 22.6 Å². The topological polar surface area (TPSA) is 68.3 Å². The first-order chi connectivity index (χ1) is 7.34. The average molecular weight is 289 g/mol. The van der Waals surface area contributed by atoms with Crippen molar-refractivity contribution >= 4 is 21.8 Å². The SMILES string of the molecule is CC(NCC(C)(C)C(N)=O)c1occc1Br. The van der Waals surface area contributed by atoms with E-state index in [1.807, 2.05) is 26.8 Å². The number of carbonyl (C=O) groups excluding carboxylic acids is 1. The number of nitrogens with two attached hydrogens (primary N) is 1. The van der Waals surface area contributed by atoms with Gasteiger partial charge in [0.1, 0.15) is 5.76 Å². The summed E-state index contributed by atoms with van der Waals surface area (Å²) in [6, 6.07) is 1.87. The Kier molecular flexibility index (Phi) is 4.15. The first-order valence-corrected chi connectivity index (χ1v) is 5.90. The predicted octanol–water partition coefficient (Wildman–Crippen LogP) is 2.20. The second kappa shape index (κ2) is 5.01. The number of amides is 1. The molecular formula is C11H17BrN2O2. The van der Waals surface area contributed by atoms with Gasteiger partial charge >= 0.3 is 0 Å². The van der Waals surface area contributed by atoms with Crippen LogP contribution in [0.1, 0.15) is 32.6 Å². The molecule has 1 amide bonds. The Bertz CT molecular complexity index is 374. The Labute approximate surface area is 104 Å². The van der Waals surface area contributed by atoms with Crippen molar-refractivity contribution in [3.63, 3.8) is 0 Å². The van der Waals surface area contributed by atoms with Crippen LogP contribution < -0.4 is 11.1 Å². The van der Waals surface area contributed by atoms with E-state index < -0.39 is 5.41 Å². The van der Waals surface area contributed by atoms with Gasteiger partial charge in [-0.2, -0.15) is 0 Å². The summed E-state index contributed by atoms with van der Waals surface area (Å²) >= 11 is 3.39. The highest BCUT2D eigenvalue weighted by Crippen LogP contribution is 2.25. The quantitative estimate of drug-likeness (QED) is 0.873. The Morgan fingerprint density at radius 2 is 2.31 bits per heavy atom. The fraction of sp³-hybridized carbons (Fsp3) is 0.545. The van der Waals surface area contributed by atoms with E-state index in [1.165, 1.54) is 0 Å². The molecule has 0 radical (unpaired) electrons. The van der Waals surface area contributed by atoms with E-state index in [0.717, 1.165) is 10.2 Å². The molecule has 0 fully saturated rings. The number of rotatable bonds is 5. The number of furan rings is 1. The van der Waals surface area contributed by atoms with Gasteiger partial charge in [-0.3, -0.25) is 4.79 Å². The summed E-state index contributed by atoms with van der Waals surface area (Å²) in [7, 11) is 0. The minimum Gasteiger partial charge on any atom is -0.466 e. The Hall–Kier alpha value is -0.810. The molecule has 0 saturated carbocycles. The van der Waals surface area contributed by atoms with Crippen LogP contribution in [0.25, 0.3) is 0 Å². The molecule has 90 valence electrons. The third kappa shape index (κ3) is 3.09. The van der Waals surface area contributed by atoms with E-state index in [-0.39, 0.29) is 11.9 Å². The third-order valence-corrected chi connectivity index (χ3v) is 3.21. The number of hydrogen-bond donors (Lipinski definition) is 2. The molecule has 0 aliphatic carbocycles. The summed E-state index contributed by atoms with van der Waals surface area (Å²) in [5.74, 6) is 0.506. The lowest BCUT2D eigenvalue weighted by Gasteiger charge is -2.23. The van der Waals surface area contributed by atoms with Crippen LogP contribution in [-0.2, 0) is 4.79 Å². The lowest BCUT2D eigenvalue weighted by atomic mass is 9.92. The first kappa shape index (κ1) is 13.3. The molecule has 0 spiro atoms. The number of nitrogens with one attached hydrogen (secondary N) is 1. The maximum Gasteiger partial charge on any atom is 0.224 e. The lowest BCUT2D eigenvalue weighted by molar-refractivity contribution is -0.125. The molecule has 1 rings (SSSR count). The standard InChI is InChI=1S/C11H17BrN2O2/c1-7(9-8(12)4-5-16-9)14-6-11(2,3)10(13)15/h4-5,7,14H,6H2,1-3H3,(H2,13,15). The van der Waals surface area contributed by atoms with Crippen LogP contribution in [0.4, 0.5) is 0 Å². The largest absolute Gasteiger partial charge is 0.466 e. The smallest absolute Gasteiger partial charge is 0.224 e. The highest BCUT2D eigenvalue weighted by molar-refractivity contribution is 9.10. The van der Waals surface area contributed by atoms with Crippen molar-refractivity contribution in [2.45, 2.75) is 26.8 Å². The Morgan fingerprint density at radius 3 is 2.75 bits per heavy atom. The van der Waals surface area contributed by atoms with Gasteiger partial charge in [0.15, 0.2) is 0 Å². The maximum atomic E-state index is 11.1. The van der Waals surface area contributed by atoms with Crippen LogP contribution >= 0.6 is 15.9 Å². The lowest BCUT2D eigenvalue weighted by Crippen LogP contribution is -2.41. The first-order valence-electron chi connectivity index (χ1n) is 5.11. The van der Waals surface area contributed by atoms with Crippen molar-refractivity contribution in [1.82, 2.24) is 5.32 Å². The molecule has 0 bridgehead atoms. The number of hydrogen-bond acceptors (Lipinski definition) is 3. The molecule has 0 aliphatic rings. The summed E-state index contributed by atoms with van der Waals surface area (Å²) in [6.07, 6.45) is 1.62. The monoisotopic (exact) mass is 288 g/mol. The van der Waals surface area contributed by atoms with Gasteiger partial charge in [-0.1, -0.05) is 0 Å². The van der Waals surface area contributed by atoms with E-state index in [1.54, 1.807) is 6.26 Å². The van der Waals surface area contributed by atoms with Crippen LogP contribution in [0.3, 0.4) is 0 Å². The van der Waals surface area contributed by atoms with E-state index in [0.29, 0.717) is 6.54 Å². The molecule has 0 aromatic carbocycles. The van der Waals surface area contributed by atoms with Gasteiger partial charge in [-0.15, -0.1) is 0 Å². The minimum absolute atomic E-state index is 0.0306. The Morgan fingerprint density at radius 1 is 1.69 bits per heavy atom. The van der Waals surface area contributed by atoms with Crippen molar-refractivity contribution in [3.8, 4) is 0 Å². The molecule has 1 aromatic heterocycles. The second-order valence-electron chi connectivity index (χ2n) is 4.48. The van der Waals surface area contributed by atoms with Crippen LogP contribution in [0.5, 0.6) is 0 Å². The van der Waals surface area contributed by atoms with Gasteiger partial charge in [0, 0.05) is 6.54 Å². The van der Waals surface area contributed by atoms with Gasteiger partial charge in [0.2, 0.25) is 5.91 Å². The highest BCUT2D eigenvalue weighted by atomic mass is 79.9. The summed E-state index contributed by atoms with van der Waals surface area (Å²) in [5, 5.41) is 3.22. The van der Waals surface area contributed by atoms with E-state index in [2.05, 4.69) is 21.2 Å². The average Bonchev–Trinajstić information content (AvgIpc) is 2.61. The predicted molar refractivity (Wildman–Crippen MR) is 65.8 cm³/mol. The van der Waals surface area contributed by atoms with Crippen LogP contribution in [0, 0.1) is 5.41 Å². The zero-order valence-electron chi connectivity index (χ0n) is 9.71. The molecule has 1 aromatic rings.